The van der Waals surface area contributed by atoms with Crippen molar-refractivity contribution >= 4 is 5.91 Å². The van der Waals surface area contributed by atoms with Crippen LogP contribution in [0.3, 0.4) is 0 Å². The zero-order chi connectivity index (χ0) is 10.7. The van der Waals surface area contributed by atoms with Crippen LogP contribution in [0, 0.1) is 0 Å². The largest absolute Gasteiger partial charge is 0.361 e. The van der Waals surface area contributed by atoms with Crippen molar-refractivity contribution in [2.45, 2.75) is 19.2 Å². The quantitative estimate of drug-likeness (QED) is 0.628. The first-order chi connectivity index (χ1) is 6.52. The molecule has 1 heterocycles. The van der Waals surface area contributed by atoms with Gasteiger partial charge in [0.1, 0.15) is 6.23 Å². The van der Waals surface area contributed by atoms with E-state index in [4.69, 9.17) is 10.5 Å². The van der Waals surface area contributed by atoms with Gasteiger partial charge in [-0.25, -0.2) is 0 Å². The average Bonchev–Trinajstić information content (AvgIpc) is 2.15. The summed E-state index contributed by atoms with van der Waals surface area (Å²) in [6.07, 6.45) is -0.263. The first-order valence-corrected chi connectivity index (χ1v) is 4.84. The van der Waals surface area contributed by atoms with Crippen LogP contribution in [0.15, 0.2) is 0 Å². The Balaban J connectivity index is 2.51. The summed E-state index contributed by atoms with van der Waals surface area (Å²) in [6.45, 7) is 3.90. The molecule has 0 aromatic rings. The summed E-state index contributed by atoms with van der Waals surface area (Å²) in [6, 6.07) is -0.111. The van der Waals surface area contributed by atoms with Crippen LogP contribution in [0.5, 0.6) is 0 Å². The van der Waals surface area contributed by atoms with Crippen LogP contribution in [0.4, 0.5) is 0 Å². The molecule has 0 aromatic heterocycles. The smallest absolute Gasteiger partial charge is 0.239 e. The number of nitrogens with two attached hydrogens (primary N) is 1. The van der Waals surface area contributed by atoms with Gasteiger partial charge in [-0.1, -0.05) is 0 Å². The van der Waals surface area contributed by atoms with Crippen LogP contribution in [0.25, 0.3) is 0 Å². The Morgan fingerprint density at radius 1 is 1.64 bits per heavy atom. The standard InChI is InChI=1S/C9H19N3O2/c1-7(9(13)11(2)3)12-4-5-14-8(10)6-12/h7-8H,4-6,10H2,1-3H3. The topological polar surface area (TPSA) is 58.8 Å². The highest BCUT2D eigenvalue weighted by molar-refractivity contribution is 5.80. The van der Waals surface area contributed by atoms with Crippen molar-refractivity contribution in [2.24, 2.45) is 5.73 Å². The first kappa shape index (κ1) is 11.4. The number of rotatable bonds is 2. The zero-order valence-corrected chi connectivity index (χ0v) is 9.06. The minimum Gasteiger partial charge on any atom is -0.361 e. The number of ether oxygens (including phenoxy) is 1. The Morgan fingerprint density at radius 2 is 2.29 bits per heavy atom. The van der Waals surface area contributed by atoms with Crippen LogP contribution in [0.1, 0.15) is 6.92 Å². The Labute approximate surface area is 84.8 Å². The third-order valence-electron chi connectivity index (χ3n) is 2.47. The van der Waals surface area contributed by atoms with Gasteiger partial charge in [0, 0.05) is 27.2 Å². The molecule has 1 rings (SSSR count). The lowest BCUT2D eigenvalue weighted by Gasteiger charge is -2.35. The fraction of sp³-hybridized carbons (Fsp3) is 0.889. The van der Waals surface area contributed by atoms with E-state index in [1.165, 1.54) is 0 Å². The van der Waals surface area contributed by atoms with Gasteiger partial charge in [-0.05, 0) is 6.92 Å². The molecule has 2 atom stereocenters. The Kier molecular flexibility index (Phi) is 3.86. The SMILES string of the molecule is CC(C(=O)N(C)C)N1CCOC(N)C1. The lowest BCUT2D eigenvalue weighted by Crippen LogP contribution is -2.54. The molecule has 5 heteroatoms. The summed E-state index contributed by atoms with van der Waals surface area (Å²) in [5, 5.41) is 0. The molecular formula is C9H19N3O2. The molecule has 0 saturated carbocycles. The predicted octanol–water partition coefficient (Wildman–Crippen LogP) is -0.920. The number of nitrogens with zero attached hydrogens (tertiary/aromatic N) is 2. The van der Waals surface area contributed by atoms with Gasteiger partial charge in [0.2, 0.25) is 5.91 Å². The number of amides is 1. The monoisotopic (exact) mass is 201 g/mol. The zero-order valence-electron chi connectivity index (χ0n) is 9.06. The molecule has 0 radical (unpaired) electrons. The Hall–Kier alpha value is -0.650. The van der Waals surface area contributed by atoms with Crippen LogP contribution >= 0.6 is 0 Å². The molecule has 1 aliphatic heterocycles. The van der Waals surface area contributed by atoms with Crippen molar-refractivity contribution < 1.29 is 9.53 Å². The van der Waals surface area contributed by atoms with E-state index in [1.807, 2.05) is 6.92 Å². The maximum absolute atomic E-state index is 11.7. The highest BCUT2D eigenvalue weighted by atomic mass is 16.5. The highest BCUT2D eigenvalue weighted by Crippen LogP contribution is 2.07. The minimum atomic E-state index is -0.263. The summed E-state index contributed by atoms with van der Waals surface area (Å²) in [4.78, 5) is 15.3. The summed E-state index contributed by atoms with van der Waals surface area (Å²) in [7, 11) is 3.53. The molecular weight excluding hydrogens is 182 g/mol. The third-order valence-corrected chi connectivity index (χ3v) is 2.47. The van der Waals surface area contributed by atoms with Gasteiger partial charge < -0.3 is 15.4 Å². The number of hydrogen-bond acceptors (Lipinski definition) is 4. The van der Waals surface area contributed by atoms with Gasteiger partial charge in [0.25, 0.3) is 0 Å². The Bertz CT molecular complexity index is 208. The van der Waals surface area contributed by atoms with Gasteiger partial charge in [0.15, 0.2) is 0 Å². The fourth-order valence-electron chi connectivity index (χ4n) is 1.58. The number of morpholine rings is 1. The van der Waals surface area contributed by atoms with Crippen LogP contribution in [0.2, 0.25) is 0 Å². The molecule has 1 amide bonds. The van der Waals surface area contributed by atoms with Crippen LogP contribution < -0.4 is 5.73 Å². The summed E-state index contributed by atoms with van der Waals surface area (Å²) >= 11 is 0. The van der Waals surface area contributed by atoms with E-state index in [1.54, 1.807) is 19.0 Å². The van der Waals surface area contributed by atoms with Crippen molar-refractivity contribution in [1.82, 2.24) is 9.80 Å². The average molecular weight is 201 g/mol. The number of likely N-dealkylation sites (N-methyl/N-ethyl adjacent to an activating group) is 1. The molecule has 0 bridgehead atoms. The van der Waals surface area contributed by atoms with Gasteiger partial charge in [-0.2, -0.15) is 0 Å². The molecule has 0 aliphatic carbocycles. The molecule has 1 saturated heterocycles. The molecule has 14 heavy (non-hydrogen) atoms. The molecule has 2 unspecified atom stereocenters. The summed E-state index contributed by atoms with van der Waals surface area (Å²) in [5.74, 6) is 0.110. The normalized spacial score (nSPS) is 25.9. The van der Waals surface area contributed by atoms with Crippen molar-refractivity contribution in [3.8, 4) is 0 Å². The van der Waals surface area contributed by atoms with E-state index in [2.05, 4.69) is 4.90 Å². The molecule has 5 nitrogen and oxygen atoms in total. The molecule has 2 N–H and O–H groups in total. The maximum atomic E-state index is 11.7. The lowest BCUT2D eigenvalue weighted by molar-refractivity contribution is -0.136. The van der Waals surface area contributed by atoms with E-state index in [0.29, 0.717) is 13.2 Å². The number of carbonyl (C=O) groups excluding carboxylic acids is 1. The van der Waals surface area contributed by atoms with Crippen molar-refractivity contribution in [3.05, 3.63) is 0 Å². The van der Waals surface area contributed by atoms with E-state index >= 15 is 0 Å². The van der Waals surface area contributed by atoms with Crippen LogP contribution in [-0.4, -0.2) is 61.8 Å². The molecule has 0 spiro atoms. The Morgan fingerprint density at radius 3 is 2.79 bits per heavy atom. The number of carbonyl (C=O) groups is 1. The van der Waals surface area contributed by atoms with Crippen molar-refractivity contribution in [2.75, 3.05) is 33.8 Å². The molecule has 0 aromatic carbocycles. The highest BCUT2D eigenvalue weighted by Gasteiger charge is 2.26. The molecule has 1 fully saturated rings. The second kappa shape index (κ2) is 4.72. The van der Waals surface area contributed by atoms with Gasteiger partial charge >= 0.3 is 0 Å². The predicted molar refractivity (Wildman–Crippen MR) is 53.7 cm³/mol. The van der Waals surface area contributed by atoms with Crippen LogP contribution in [-0.2, 0) is 9.53 Å². The fourth-order valence-corrected chi connectivity index (χ4v) is 1.58. The van der Waals surface area contributed by atoms with E-state index < -0.39 is 0 Å². The lowest BCUT2D eigenvalue weighted by atomic mass is 10.2. The van der Waals surface area contributed by atoms with E-state index in [9.17, 15) is 4.79 Å². The van der Waals surface area contributed by atoms with Gasteiger partial charge in [0.05, 0.1) is 12.6 Å². The first-order valence-electron chi connectivity index (χ1n) is 4.84. The van der Waals surface area contributed by atoms with Gasteiger partial charge in [-0.3, -0.25) is 9.69 Å². The second-order valence-electron chi connectivity index (χ2n) is 3.81. The third kappa shape index (κ3) is 2.67. The van der Waals surface area contributed by atoms with E-state index in [0.717, 1.165) is 6.54 Å². The minimum absolute atomic E-state index is 0.110. The van der Waals surface area contributed by atoms with E-state index in [-0.39, 0.29) is 18.2 Å². The molecule has 1 aliphatic rings. The van der Waals surface area contributed by atoms with Crippen molar-refractivity contribution in [3.63, 3.8) is 0 Å². The van der Waals surface area contributed by atoms with Crippen molar-refractivity contribution in [1.29, 1.82) is 0 Å². The summed E-state index contributed by atoms with van der Waals surface area (Å²) < 4.78 is 5.21. The molecule has 82 valence electrons. The maximum Gasteiger partial charge on any atom is 0.239 e. The van der Waals surface area contributed by atoms with Gasteiger partial charge in [-0.15, -0.1) is 0 Å². The second-order valence-corrected chi connectivity index (χ2v) is 3.81. The number of hydrogen-bond donors (Lipinski definition) is 1. The summed E-state index contributed by atoms with van der Waals surface area (Å²) in [5.41, 5.74) is 5.65.